The summed E-state index contributed by atoms with van der Waals surface area (Å²) in [6, 6.07) is 0. The lowest BCUT2D eigenvalue weighted by molar-refractivity contribution is 0.313. The fourth-order valence-electron chi connectivity index (χ4n) is 1.61. The number of H-pyrrole nitrogens is 1. The molecule has 1 aliphatic heterocycles. The zero-order chi connectivity index (χ0) is 9.10. The van der Waals surface area contributed by atoms with Gasteiger partial charge in [0, 0.05) is 6.54 Å². The molecular formula is C7H13N5S. The summed E-state index contributed by atoms with van der Waals surface area (Å²) in [6.45, 7) is 4.34. The lowest BCUT2D eigenvalue weighted by Gasteiger charge is -2.13. The molecule has 1 aromatic rings. The Morgan fingerprint density at radius 1 is 1.31 bits per heavy atom. The number of likely N-dealkylation sites (tertiary alicyclic amines) is 1. The molecule has 0 unspecified atom stereocenters. The van der Waals surface area contributed by atoms with Crippen molar-refractivity contribution in [1.82, 2.24) is 25.1 Å². The number of hydrogen-bond acceptors (Lipinski definition) is 4. The third-order valence-corrected chi connectivity index (χ3v) is 2.67. The van der Waals surface area contributed by atoms with Gasteiger partial charge in [0.15, 0.2) is 0 Å². The van der Waals surface area contributed by atoms with Crippen LogP contribution in [0.2, 0.25) is 0 Å². The molecule has 1 N–H and O–H groups in total. The molecule has 0 amide bonds. The van der Waals surface area contributed by atoms with E-state index in [1.165, 1.54) is 25.9 Å². The van der Waals surface area contributed by atoms with E-state index in [2.05, 4.69) is 20.4 Å². The maximum Gasteiger partial charge on any atom is 0.238 e. The van der Waals surface area contributed by atoms with Gasteiger partial charge in [-0.2, -0.15) is 5.21 Å². The van der Waals surface area contributed by atoms with Gasteiger partial charge in [0.1, 0.15) is 0 Å². The van der Waals surface area contributed by atoms with Crippen molar-refractivity contribution >= 4 is 12.2 Å². The second-order valence-electron chi connectivity index (χ2n) is 3.28. The summed E-state index contributed by atoms with van der Waals surface area (Å²) >= 11 is 4.97. The van der Waals surface area contributed by atoms with Gasteiger partial charge in [-0.15, -0.1) is 0 Å². The second kappa shape index (κ2) is 3.97. The van der Waals surface area contributed by atoms with E-state index in [9.17, 15) is 0 Å². The quantitative estimate of drug-likeness (QED) is 0.717. The number of tetrazole rings is 1. The third-order valence-electron chi connectivity index (χ3n) is 2.37. The average Bonchev–Trinajstić information content (AvgIpc) is 2.72. The first-order valence-electron chi connectivity index (χ1n) is 4.56. The Labute approximate surface area is 81.7 Å². The molecule has 0 spiro atoms. The molecule has 0 aromatic carbocycles. The molecule has 2 rings (SSSR count). The zero-order valence-corrected chi connectivity index (χ0v) is 8.26. The van der Waals surface area contributed by atoms with E-state index in [4.69, 9.17) is 12.2 Å². The second-order valence-corrected chi connectivity index (χ2v) is 3.65. The summed E-state index contributed by atoms with van der Waals surface area (Å²) in [7, 11) is 0. The third kappa shape index (κ3) is 2.13. The number of aromatic nitrogens is 4. The predicted octanol–water partition coefficient (Wildman–Crippen LogP) is 0.431. The topological polar surface area (TPSA) is 49.7 Å². The molecule has 2 heterocycles. The van der Waals surface area contributed by atoms with Gasteiger partial charge in [-0.25, -0.2) is 4.68 Å². The van der Waals surface area contributed by atoms with Gasteiger partial charge in [0.2, 0.25) is 4.77 Å². The lowest BCUT2D eigenvalue weighted by atomic mass is 10.4. The fourth-order valence-corrected chi connectivity index (χ4v) is 1.78. The zero-order valence-electron chi connectivity index (χ0n) is 7.44. The molecule has 5 nitrogen and oxygen atoms in total. The maximum absolute atomic E-state index is 4.97. The van der Waals surface area contributed by atoms with Crippen molar-refractivity contribution in [1.29, 1.82) is 0 Å². The molecule has 1 fully saturated rings. The molecule has 0 aliphatic carbocycles. The van der Waals surface area contributed by atoms with Crippen LogP contribution in [0, 0.1) is 4.77 Å². The Bertz CT molecular complexity index is 311. The molecule has 0 saturated carbocycles. The summed E-state index contributed by atoms with van der Waals surface area (Å²) in [5, 5.41) is 10.1. The summed E-state index contributed by atoms with van der Waals surface area (Å²) in [5.41, 5.74) is 0. The highest BCUT2D eigenvalue weighted by Gasteiger charge is 2.10. The summed E-state index contributed by atoms with van der Waals surface area (Å²) in [5.74, 6) is 0. The van der Waals surface area contributed by atoms with Crippen molar-refractivity contribution in [3.05, 3.63) is 4.77 Å². The first-order valence-corrected chi connectivity index (χ1v) is 4.97. The van der Waals surface area contributed by atoms with E-state index in [0.29, 0.717) is 4.77 Å². The average molecular weight is 199 g/mol. The normalized spacial score (nSPS) is 18.2. The molecule has 6 heteroatoms. The van der Waals surface area contributed by atoms with E-state index >= 15 is 0 Å². The SMILES string of the molecule is S=c1nn[nH]n1CCN1CCCC1. The van der Waals surface area contributed by atoms with E-state index < -0.39 is 0 Å². The van der Waals surface area contributed by atoms with Gasteiger partial charge >= 0.3 is 0 Å². The van der Waals surface area contributed by atoms with Crippen molar-refractivity contribution in [3.8, 4) is 0 Å². The number of hydrogen-bond donors (Lipinski definition) is 1. The minimum absolute atomic E-state index is 0.541. The fraction of sp³-hybridized carbons (Fsp3) is 0.857. The van der Waals surface area contributed by atoms with E-state index in [1.54, 1.807) is 4.68 Å². The Balaban J connectivity index is 1.85. The predicted molar refractivity (Wildman–Crippen MR) is 50.9 cm³/mol. The van der Waals surface area contributed by atoms with Crippen LogP contribution in [0.25, 0.3) is 0 Å². The molecular weight excluding hydrogens is 186 g/mol. The number of nitrogens with one attached hydrogen (secondary N) is 1. The molecule has 72 valence electrons. The summed E-state index contributed by atoms with van der Waals surface area (Å²) < 4.78 is 2.34. The highest BCUT2D eigenvalue weighted by Crippen LogP contribution is 2.06. The molecule has 0 atom stereocenters. The lowest BCUT2D eigenvalue weighted by Crippen LogP contribution is -2.24. The first-order chi connectivity index (χ1) is 6.36. The van der Waals surface area contributed by atoms with Crippen molar-refractivity contribution in [2.45, 2.75) is 19.4 Å². The van der Waals surface area contributed by atoms with Crippen LogP contribution in [0.5, 0.6) is 0 Å². The highest BCUT2D eigenvalue weighted by atomic mass is 32.1. The van der Waals surface area contributed by atoms with Crippen LogP contribution in [0.1, 0.15) is 12.8 Å². The molecule has 1 aliphatic rings. The first kappa shape index (κ1) is 8.83. The van der Waals surface area contributed by atoms with Crippen LogP contribution in [0.15, 0.2) is 0 Å². The van der Waals surface area contributed by atoms with Crippen LogP contribution < -0.4 is 0 Å². The molecule has 13 heavy (non-hydrogen) atoms. The van der Waals surface area contributed by atoms with Gasteiger partial charge in [0.05, 0.1) is 6.54 Å². The number of rotatable bonds is 3. The van der Waals surface area contributed by atoms with E-state index in [1.807, 2.05) is 0 Å². The Morgan fingerprint density at radius 2 is 2.08 bits per heavy atom. The molecule has 0 bridgehead atoms. The standard InChI is InChI=1S/C7H13N5S/c13-7-8-9-10-12(7)6-5-11-3-1-2-4-11/h1-6H2,(H,8,10,13). The van der Waals surface area contributed by atoms with Crippen molar-refractivity contribution < 1.29 is 0 Å². The Kier molecular flexibility index (Phi) is 2.70. The van der Waals surface area contributed by atoms with Gasteiger partial charge in [-0.05, 0) is 38.1 Å². The Morgan fingerprint density at radius 3 is 2.69 bits per heavy atom. The van der Waals surface area contributed by atoms with Crippen LogP contribution in [-0.2, 0) is 6.54 Å². The van der Waals surface area contributed by atoms with Gasteiger partial charge in [-0.3, -0.25) is 0 Å². The number of aromatic amines is 1. The van der Waals surface area contributed by atoms with E-state index in [0.717, 1.165) is 13.1 Å². The van der Waals surface area contributed by atoms with Gasteiger partial charge < -0.3 is 4.90 Å². The number of nitrogens with zero attached hydrogens (tertiary/aromatic N) is 4. The smallest absolute Gasteiger partial charge is 0.238 e. The Hall–Kier alpha value is -0.750. The van der Waals surface area contributed by atoms with Crippen molar-refractivity contribution in [3.63, 3.8) is 0 Å². The van der Waals surface area contributed by atoms with Crippen LogP contribution in [0.4, 0.5) is 0 Å². The van der Waals surface area contributed by atoms with Crippen LogP contribution in [0.3, 0.4) is 0 Å². The summed E-state index contributed by atoms with van der Waals surface area (Å²) in [6.07, 6.45) is 2.65. The largest absolute Gasteiger partial charge is 0.301 e. The van der Waals surface area contributed by atoms with Crippen molar-refractivity contribution in [2.75, 3.05) is 19.6 Å². The van der Waals surface area contributed by atoms with Crippen molar-refractivity contribution in [2.24, 2.45) is 0 Å². The minimum atomic E-state index is 0.541. The summed E-state index contributed by atoms with van der Waals surface area (Å²) in [4.78, 5) is 2.43. The minimum Gasteiger partial charge on any atom is -0.301 e. The van der Waals surface area contributed by atoms with Gasteiger partial charge in [-0.1, -0.05) is 10.3 Å². The van der Waals surface area contributed by atoms with Gasteiger partial charge in [0.25, 0.3) is 0 Å². The van der Waals surface area contributed by atoms with Crippen LogP contribution >= 0.6 is 12.2 Å². The monoisotopic (exact) mass is 199 g/mol. The molecule has 1 saturated heterocycles. The van der Waals surface area contributed by atoms with Crippen LogP contribution in [-0.4, -0.2) is 44.7 Å². The van der Waals surface area contributed by atoms with E-state index in [-0.39, 0.29) is 0 Å². The molecule has 1 aromatic heterocycles. The highest BCUT2D eigenvalue weighted by molar-refractivity contribution is 7.71. The maximum atomic E-state index is 4.97. The molecule has 0 radical (unpaired) electrons.